The number of aryl methyl sites for hydroxylation is 1. The van der Waals surface area contributed by atoms with Crippen molar-refractivity contribution in [1.82, 2.24) is 9.55 Å². The van der Waals surface area contributed by atoms with Gasteiger partial charge in [-0.1, -0.05) is 39.0 Å². The Balaban J connectivity index is 1.50. The van der Waals surface area contributed by atoms with Crippen LogP contribution in [-0.2, 0) is 33.8 Å². The van der Waals surface area contributed by atoms with Crippen LogP contribution >= 0.6 is 0 Å². The van der Waals surface area contributed by atoms with E-state index in [1.54, 1.807) is 4.57 Å². The zero-order chi connectivity index (χ0) is 21.1. The average Bonchev–Trinajstić information content (AvgIpc) is 2.72. The van der Waals surface area contributed by atoms with E-state index in [1.165, 1.54) is 5.56 Å². The van der Waals surface area contributed by atoms with Gasteiger partial charge in [-0.05, 0) is 23.0 Å². The summed E-state index contributed by atoms with van der Waals surface area (Å²) in [6.07, 6.45) is 0.659. The Labute approximate surface area is 176 Å². The summed E-state index contributed by atoms with van der Waals surface area (Å²) in [4.78, 5) is 16.6. The minimum Gasteiger partial charge on any atom is -0.475 e. The molecule has 7 nitrogen and oxygen atoms in total. The van der Waals surface area contributed by atoms with Gasteiger partial charge in [-0.25, -0.2) is 4.79 Å². The second-order valence-corrected chi connectivity index (χ2v) is 9.09. The number of aromatic nitrogens is 2. The van der Waals surface area contributed by atoms with Crippen LogP contribution < -0.4 is 10.4 Å². The number of benzene rings is 1. The van der Waals surface area contributed by atoms with E-state index < -0.39 is 0 Å². The van der Waals surface area contributed by atoms with Crippen LogP contribution in [0.2, 0.25) is 0 Å². The van der Waals surface area contributed by atoms with Gasteiger partial charge in [0, 0.05) is 18.2 Å². The lowest BCUT2D eigenvalue weighted by molar-refractivity contribution is -0.102. The largest absolute Gasteiger partial charge is 0.475 e. The Kier molecular flexibility index (Phi) is 6.22. The molecule has 1 atom stereocenters. The normalized spacial score (nSPS) is 18.6. The van der Waals surface area contributed by atoms with E-state index in [2.05, 4.69) is 44.0 Å². The van der Waals surface area contributed by atoms with Gasteiger partial charge in [-0.15, -0.1) is 0 Å². The monoisotopic (exact) mass is 414 g/mol. The molecule has 7 heteroatoms. The fourth-order valence-corrected chi connectivity index (χ4v) is 3.71. The van der Waals surface area contributed by atoms with Crippen LogP contribution in [0.4, 0.5) is 0 Å². The first-order valence-electron chi connectivity index (χ1n) is 10.5. The van der Waals surface area contributed by atoms with Crippen LogP contribution in [0.15, 0.2) is 29.1 Å². The number of fused-ring (bicyclic) bond motifs is 3. The molecule has 1 fully saturated rings. The van der Waals surface area contributed by atoms with Crippen LogP contribution in [0, 0.1) is 5.41 Å². The van der Waals surface area contributed by atoms with Crippen molar-refractivity contribution < 1.29 is 18.9 Å². The second kappa shape index (κ2) is 8.88. The molecule has 2 aliphatic heterocycles. The standard InChI is InChI=1S/C23H30N2O5/c1-23(2,3)15-28-12-16-4-5-19-17(10-16)6-7-25-20(19)11-21(24-22(25)26)30-14-18-13-27-8-9-29-18/h4-5,10-11,18H,6-9,12-15H2,1-3H3/t18-/m0/s1. The van der Waals surface area contributed by atoms with Crippen molar-refractivity contribution in [3.63, 3.8) is 0 Å². The van der Waals surface area contributed by atoms with E-state index in [0.717, 1.165) is 23.2 Å². The molecule has 0 unspecified atom stereocenters. The summed E-state index contributed by atoms with van der Waals surface area (Å²) < 4.78 is 24.3. The van der Waals surface area contributed by atoms with Crippen molar-refractivity contribution in [2.75, 3.05) is 33.0 Å². The Bertz CT molecular complexity index is 942. The fraction of sp³-hybridized carbons (Fsp3) is 0.565. The number of ether oxygens (including phenoxy) is 4. The third-order valence-corrected chi connectivity index (χ3v) is 5.14. The molecule has 0 N–H and O–H groups in total. The van der Waals surface area contributed by atoms with Crippen molar-refractivity contribution in [2.45, 2.75) is 46.4 Å². The van der Waals surface area contributed by atoms with E-state index in [-0.39, 0.29) is 17.2 Å². The minimum atomic E-state index is -0.286. The predicted molar refractivity (Wildman–Crippen MR) is 113 cm³/mol. The lowest BCUT2D eigenvalue weighted by atomic mass is 9.95. The van der Waals surface area contributed by atoms with Gasteiger partial charge < -0.3 is 18.9 Å². The molecule has 0 aliphatic carbocycles. The summed E-state index contributed by atoms with van der Waals surface area (Å²) in [6, 6.07) is 8.16. The molecule has 1 saturated heterocycles. The Morgan fingerprint density at radius 3 is 2.87 bits per heavy atom. The van der Waals surface area contributed by atoms with Crippen LogP contribution in [0.3, 0.4) is 0 Å². The molecular formula is C23H30N2O5. The topological polar surface area (TPSA) is 71.8 Å². The molecule has 1 aromatic carbocycles. The molecule has 3 heterocycles. The lowest BCUT2D eigenvalue weighted by Crippen LogP contribution is -2.34. The van der Waals surface area contributed by atoms with Gasteiger partial charge in [0.2, 0.25) is 5.88 Å². The smallest absolute Gasteiger partial charge is 0.351 e. The summed E-state index contributed by atoms with van der Waals surface area (Å²) in [7, 11) is 0. The molecule has 0 amide bonds. The quantitative estimate of drug-likeness (QED) is 0.724. The third-order valence-electron chi connectivity index (χ3n) is 5.14. The highest BCUT2D eigenvalue weighted by Crippen LogP contribution is 2.30. The van der Waals surface area contributed by atoms with Gasteiger partial charge in [0.15, 0.2) is 0 Å². The predicted octanol–water partition coefficient (Wildman–Crippen LogP) is 2.82. The van der Waals surface area contributed by atoms with Gasteiger partial charge in [0.05, 0.1) is 38.7 Å². The number of rotatable bonds is 6. The molecule has 0 spiro atoms. The zero-order valence-electron chi connectivity index (χ0n) is 18.0. The summed E-state index contributed by atoms with van der Waals surface area (Å²) in [6.45, 7) is 10.4. The van der Waals surface area contributed by atoms with Crippen LogP contribution in [0.1, 0.15) is 31.9 Å². The molecule has 1 aromatic heterocycles. The molecular weight excluding hydrogens is 384 g/mol. The SMILES string of the molecule is CC(C)(C)COCc1ccc2c(c1)CCn1c-2cc(OC[C@@H]2COCCO2)nc1=O. The zero-order valence-corrected chi connectivity index (χ0v) is 18.0. The Morgan fingerprint density at radius 2 is 2.10 bits per heavy atom. The number of hydrogen-bond acceptors (Lipinski definition) is 6. The van der Waals surface area contributed by atoms with Gasteiger partial charge >= 0.3 is 5.69 Å². The van der Waals surface area contributed by atoms with Gasteiger partial charge in [0.25, 0.3) is 0 Å². The maximum Gasteiger partial charge on any atom is 0.351 e. The van der Waals surface area contributed by atoms with Crippen LogP contribution in [0.5, 0.6) is 5.88 Å². The van der Waals surface area contributed by atoms with E-state index in [9.17, 15) is 4.79 Å². The van der Waals surface area contributed by atoms with Crippen molar-refractivity contribution in [3.05, 3.63) is 45.9 Å². The Hall–Kier alpha value is -2.22. The molecule has 2 aliphatic rings. The summed E-state index contributed by atoms with van der Waals surface area (Å²) in [5, 5.41) is 0. The molecule has 0 bridgehead atoms. The van der Waals surface area contributed by atoms with Gasteiger partial charge in [-0.3, -0.25) is 4.57 Å². The van der Waals surface area contributed by atoms with E-state index >= 15 is 0 Å². The fourth-order valence-electron chi connectivity index (χ4n) is 3.71. The highest BCUT2D eigenvalue weighted by atomic mass is 16.6. The van der Waals surface area contributed by atoms with Crippen LogP contribution in [0.25, 0.3) is 11.3 Å². The molecule has 162 valence electrons. The number of hydrogen-bond donors (Lipinski definition) is 0. The van der Waals surface area contributed by atoms with Crippen molar-refractivity contribution in [1.29, 1.82) is 0 Å². The maximum absolute atomic E-state index is 12.5. The molecule has 2 aromatic rings. The highest BCUT2D eigenvalue weighted by molar-refractivity contribution is 5.67. The summed E-state index contributed by atoms with van der Waals surface area (Å²) in [5.74, 6) is 0.325. The minimum absolute atomic E-state index is 0.137. The second-order valence-electron chi connectivity index (χ2n) is 9.09. The summed E-state index contributed by atoms with van der Waals surface area (Å²) in [5.41, 5.74) is 4.11. The third kappa shape index (κ3) is 5.09. The van der Waals surface area contributed by atoms with Crippen molar-refractivity contribution >= 4 is 0 Å². The van der Waals surface area contributed by atoms with E-state index in [0.29, 0.717) is 52.1 Å². The van der Waals surface area contributed by atoms with Gasteiger partial charge in [0.1, 0.15) is 12.7 Å². The Morgan fingerprint density at radius 1 is 1.23 bits per heavy atom. The molecule has 30 heavy (non-hydrogen) atoms. The average molecular weight is 415 g/mol. The van der Waals surface area contributed by atoms with E-state index in [4.69, 9.17) is 18.9 Å². The highest BCUT2D eigenvalue weighted by Gasteiger charge is 2.21. The first-order valence-corrected chi connectivity index (χ1v) is 10.5. The van der Waals surface area contributed by atoms with Crippen molar-refractivity contribution in [3.8, 4) is 17.1 Å². The maximum atomic E-state index is 12.5. The molecule has 0 radical (unpaired) electrons. The van der Waals surface area contributed by atoms with Crippen molar-refractivity contribution in [2.24, 2.45) is 5.41 Å². The van der Waals surface area contributed by atoms with Crippen LogP contribution in [-0.4, -0.2) is 48.7 Å². The number of nitrogens with zero attached hydrogens (tertiary/aromatic N) is 2. The first kappa shape index (κ1) is 21.0. The van der Waals surface area contributed by atoms with Gasteiger partial charge in [-0.2, -0.15) is 4.98 Å². The lowest BCUT2D eigenvalue weighted by Gasteiger charge is -2.24. The summed E-state index contributed by atoms with van der Waals surface area (Å²) >= 11 is 0. The molecule has 4 rings (SSSR count). The molecule has 0 saturated carbocycles. The first-order chi connectivity index (χ1) is 14.4. The van der Waals surface area contributed by atoms with E-state index in [1.807, 2.05) is 6.07 Å².